The summed E-state index contributed by atoms with van der Waals surface area (Å²) in [5.74, 6) is -1.43. The van der Waals surface area contributed by atoms with Gasteiger partial charge in [-0.05, 0) is 43.5 Å². The lowest BCUT2D eigenvalue weighted by Gasteiger charge is -2.24. The first-order valence-electron chi connectivity index (χ1n) is 7.18. The van der Waals surface area contributed by atoms with Gasteiger partial charge in [0.05, 0.1) is 5.41 Å². The van der Waals surface area contributed by atoms with E-state index in [1.807, 2.05) is 6.92 Å². The summed E-state index contributed by atoms with van der Waals surface area (Å²) in [5.41, 5.74) is 0.177. The summed E-state index contributed by atoms with van der Waals surface area (Å²) in [6, 6.07) is 4.04. The molecule has 21 heavy (non-hydrogen) atoms. The van der Waals surface area contributed by atoms with Gasteiger partial charge in [-0.2, -0.15) is 0 Å². The molecule has 1 heterocycles. The molecule has 1 aliphatic rings. The van der Waals surface area contributed by atoms with E-state index >= 15 is 0 Å². The van der Waals surface area contributed by atoms with E-state index in [1.54, 1.807) is 11.8 Å². The fraction of sp³-hybridized carbons (Fsp3) is 0.500. The summed E-state index contributed by atoms with van der Waals surface area (Å²) in [4.78, 5) is 25.6. The molecule has 0 saturated carbocycles. The van der Waals surface area contributed by atoms with Crippen molar-refractivity contribution in [1.29, 1.82) is 0 Å². The minimum atomic E-state index is -0.838. The van der Waals surface area contributed by atoms with E-state index in [0.29, 0.717) is 30.5 Å². The maximum atomic E-state index is 13.1. The van der Waals surface area contributed by atoms with Crippen LogP contribution in [-0.2, 0) is 4.79 Å². The topological polar surface area (TPSA) is 57.6 Å². The van der Waals surface area contributed by atoms with Gasteiger partial charge < -0.3 is 10.0 Å². The Kier molecular flexibility index (Phi) is 4.30. The Bertz CT molecular complexity index is 573. The van der Waals surface area contributed by atoms with Crippen LogP contribution in [-0.4, -0.2) is 35.0 Å². The summed E-state index contributed by atoms with van der Waals surface area (Å²) < 4.78 is 13.1. The van der Waals surface area contributed by atoms with E-state index in [9.17, 15) is 19.1 Å². The number of rotatable bonds is 4. The molecule has 1 saturated heterocycles. The number of carbonyl (C=O) groups excluding carboxylic acids is 1. The molecule has 0 aromatic heterocycles. The average molecular weight is 293 g/mol. The maximum Gasteiger partial charge on any atom is 0.311 e. The molecule has 1 aliphatic heterocycles. The van der Waals surface area contributed by atoms with Gasteiger partial charge in [0.25, 0.3) is 5.91 Å². The van der Waals surface area contributed by atoms with Gasteiger partial charge in [-0.15, -0.1) is 0 Å². The van der Waals surface area contributed by atoms with E-state index in [2.05, 4.69) is 0 Å². The predicted molar refractivity (Wildman–Crippen MR) is 76.6 cm³/mol. The number of carboxylic acids is 1. The Balaban J connectivity index is 2.20. The van der Waals surface area contributed by atoms with Crippen molar-refractivity contribution in [3.63, 3.8) is 0 Å². The molecule has 1 unspecified atom stereocenters. The fourth-order valence-electron chi connectivity index (χ4n) is 3.05. The van der Waals surface area contributed by atoms with Crippen LogP contribution in [0.1, 0.15) is 42.1 Å². The second-order valence-corrected chi connectivity index (χ2v) is 5.77. The maximum absolute atomic E-state index is 13.1. The van der Waals surface area contributed by atoms with Gasteiger partial charge in [0, 0.05) is 18.7 Å². The van der Waals surface area contributed by atoms with E-state index in [4.69, 9.17) is 0 Å². The van der Waals surface area contributed by atoms with Crippen LogP contribution in [0.25, 0.3) is 0 Å². The number of benzene rings is 1. The summed E-state index contributed by atoms with van der Waals surface area (Å²) in [7, 11) is 0. The number of carboxylic acid groups (broad SMARTS) is 1. The van der Waals surface area contributed by atoms with Crippen molar-refractivity contribution in [2.75, 3.05) is 13.1 Å². The fourth-order valence-corrected chi connectivity index (χ4v) is 3.05. The number of aryl methyl sites for hydroxylation is 1. The number of hydrogen-bond acceptors (Lipinski definition) is 2. The van der Waals surface area contributed by atoms with Crippen molar-refractivity contribution in [3.05, 3.63) is 35.1 Å². The Hall–Kier alpha value is -1.91. The lowest BCUT2D eigenvalue weighted by atomic mass is 9.83. The molecule has 1 aromatic carbocycles. The number of hydrogen-bond donors (Lipinski definition) is 1. The second kappa shape index (κ2) is 5.84. The van der Waals surface area contributed by atoms with Crippen molar-refractivity contribution in [1.82, 2.24) is 4.90 Å². The third-order valence-corrected chi connectivity index (χ3v) is 4.24. The molecule has 1 N–H and O–H groups in total. The lowest BCUT2D eigenvalue weighted by molar-refractivity contribution is -0.148. The van der Waals surface area contributed by atoms with Gasteiger partial charge in [-0.1, -0.05) is 13.3 Å². The zero-order valence-electron chi connectivity index (χ0n) is 12.4. The normalized spacial score (nSPS) is 21.6. The zero-order valence-corrected chi connectivity index (χ0v) is 12.4. The van der Waals surface area contributed by atoms with Crippen LogP contribution >= 0.6 is 0 Å². The standard InChI is InChI=1S/C16H20FNO3/c1-3-6-16(15(20)21)7-8-18(10-16)14(19)13-5-4-12(17)9-11(13)2/h4-5,9H,3,6-8,10H2,1-2H3,(H,20,21). The third-order valence-electron chi connectivity index (χ3n) is 4.24. The van der Waals surface area contributed by atoms with E-state index < -0.39 is 11.4 Å². The Morgan fingerprint density at radius 2 is 2.14 bits per heavy atom. The molecular weight excluding hydrogens is 273 g/mol. The first kappa shape index (κ1) is 15.5. The smallest absolute Gasteiger partial charge is 0.311 e. The number of carbonyl (C=O) groups is 2. The molecule has 4 nitrogen and oxygen atoms in total. The largest absolute Gasteiger partial charge is 0.481 e. The van der Waals surface area contributed by atoms with Crippen molar-refractivity contribution in [2.24, 2.45) is 5.41 Å². The Labute approximate surface area is 123 Å². The van der Waals surface area contributed by atoms with Gasteiger partial charge in [0.2, 0.25) is 0 Å². The molecular formula is C16H20FNO3. The third kappa shape index (κ3) is 2.91. The van der Waals surface area contributed by atoms with Crippen LogP contribution in [0, 0.1) is 18.2 Å². The molecule has 0 bridgehead atoms. The highest BCUT2D eigenvalue weighted by Crippen LogP contribution is 2.36. The highest BCUT2D eigenvalue weighted by molar-refractivity contribution is 5.96. The van der Waals surface area contributed by atoms with Gasteiger partial charge in [-0.3, -0.25) is 9.59 Å². The minimum Gasteiger partial charge on any atom is -0.481 e. The molecule has 0 aliphatic carbocycles. The first-order chi connectivity index (χ1) is 9.89. The monoisotopic (exact) mass is 293 g/mol. The Morgan fingerprint density at radius 3 is 2.71 bits per heavy atom. The molecule has 1 aromatic rings. The summed E-state index contributed by atoms with van der Waals surface area (Å²) in [5, 5.41) is 9.47. The van der Waals surface area contributed by atoms with Crippen molar-refractivity contribution >= 4 is 11.9 Å². The van der Waals surface area contributed by atoms with Gasteiger partial charge in [-0.25, -0.2) is 4.39 Å². The highest BCUT2D eigenvalue weighted by atomic mass is 19.1. The van der Waals surface area contributed by atoms with Gasteiger partial charge >= 0.3 is 5.97 Å². The Morgan fingerprint density at radius 1 is 1.43 bits per heavy atom. The molecule has 1 amide bonds. The molecule has 114 valence electrons. The summed E-state index contributed by atoms with van der Waals surface area (Å²) in [6.45, 7) is 4.29. The zero-order chi connectivity index (χ0) is 15.6. The van der Waals surface area contributed by atoms with Crippen LogP contribution < -0.4 is 0 Å². The van der Waals surface area contributed by atoms with Gasteiger partial charge in [0.1, 0.15) is 5.82 Å². The summed E-state index contributed by atoms with van der Waals surface area (Å²) >= 11 is 0. The molecule has 2 rings (SSSR count). The number of halogens is 1. The first-order valence-corrected chi connectivity index (χ1v) is 7.18. The van der Waals surface area contributed by atoms with Gasteiger partial charge in [0.15, 0.2) is 0 Å². The average Bonchev–Trinajstić information content (AvgIpc) is 2.84. The van der Waals surface area contributed by atoms with Crippen molar-refractivity contribution in [2.45, 2.75) is 33.1 Å². The highest BCUT2D eigenvalue weighted by Gasteiger charge is 2.45. The summed E-state index contributed by atoms with van der Waals surface area (Å²) in [6.07, 6.45) is 1.81. The van der Waals surface area contributed by atoms with Crippen LogP contribution in [0.4, 0.5) is 4.39 Å². The molecule has 5 heteroatoms. The van der Waals surface area contributed by atoms with Crippen LogP contribution in [0.5, 0.6) is 0 Å². The van der Waals surface area contributed by atoms with Crippen molar-refractivity contribution < 1.29 is 19.1 Å². The number of nitrogens with zero attached hydrogens (tertiary/aromatic N) is 1. The van der Waals surface area contributed by atoms with Crippen LogP contribution in [0.3, 0.4) is 0 Å². The number of amides is 1. The molecule has 1 atom stereocenters. The lowest BCUT2D eigenvalue weighted by Crippen LogP contribution is -2.37. The van der Waals surface area contributed by atoms with E-state index in [1.165, 1.54) is 18.2 Å². The predicted octanol–water partition coefficient (Wildman–Crippen LogP) is 2.85. The van der Waals surface area contributed by atoms with Crippen LogP contribution in [0.2, 0.25) is 0 Å². The minimum absolute atomic E-state index is 0.216. The number of likely N-dealkylation sites (tertiary alicyclic amines) is 1. The van der Waals surface area contributed by atoms with E-state index in [0.717, 1.165) is 6.42 Å². The van der Waals surface area contributed by atoms with Crippen LogP contribution in [0.15, 0.2) is 18.2 Å². The molecule has 0 radical (unpaired) electrons. The number of aliphatic carboxylic acids is 1. The SMILES string of the molecule is CCCC1(C(=O)O)CCN(C(=O)c2ccc(F)cc2C)C1. The molecule has 1 fully saturated rings. The second-order valence-electron chi connectivity index (χ2n) is 5.77. The molecule has 0 spiro atoms. The quantitative estimate of drug-likeness (QED) is 0.928. The van der Waals surface area contributed by atoms with E-state index in [-0.39, 0.29) is 18.3 Å². The van der Waals surface area contributed by atoms with Crippen molar-refractivity contribution in [3.8, 4) is 0 Å².